The Morgan fingerprint density at radius 1 is 1.30 bits per heavy atom. The van der Waals surface area contributed by atoms with Gasteiger partial charge in [0.05, 0.1) is 11.9 Å². The minimum atomic E-state index is -0.155. The first-order valence-corrected chi connectivity index (χ1v) is 8.46. The van der Waals surface area contributed by atoms with Crippen LogP contribution in [0.3, 0.4) is 0 Å². The third-order valence-corrected chi connectivity index (χ3v) is 4.67. The molecule has 2 unspecified atom stereocenters. The van der Waals surface area contributed by atoms with Crippen molar-refractivity contribution in [2.45, 2.75) is 31.8 Å². The van der Waals surface area contributed by atoms with Gasteiger partial charge < -0.3 is 10.4 Å². The lowest BCUT2D eigenvalue weighted by Crippen LogP contribution is -2.30. The van der Waals surface area contributed by atoms with E-state index >= 15 is 0 Å². The van der Waals surface area contributed by atoms with Crippen LogP contribution < -0.4 is 5.32 Å². The predicted molar refractivity (Wildman–Crippen MR) is 83.8 cm³/mol. The molecule has 2 N–H and O–H groups in total. The van der Waals surface area contributed by atoms with Gasteiger partial charge in [0, 0.05) is 6.54 Å². The van der Waals surface area contributed by atoms with Gasteiger partial charge in [-0.25, -0.2) is 0 Å². The summed E-state index contributed by atoms with van der Waals surface area (Å²) < 4.78 is 0. The van der Waals surface area contributed by atoms with Gasteiger partial charge in [0.2, 0.25) is 5.91 Å². The highest BCUT2D eigenvalue weighted by Gasteiger charge is 2.22. The summed E-state index contributed by atoms with van der Waals surface area (Å²) in [5, 5.41) is 12.4. The van der Waals surface area contributed by atoms with Gasteiger partial charge in [0.15, 0.2) is 0 Å². The van der Waals surface area contributed by atoms with Crippen molar-refractivity contribution in [3.8, 4) is 0 Å². The summed E-state index contributed by atoms with van der Waals surface area (Å²) in [6.45, 7) is 0.717. The van der Waals surface area contributed by atoms with Crippen molar-refractivity contribution in [2.24, 2.45) is 5.92 Å². The van der Waals surface area contributed by atoms with E-state index in [1.54, 1.807) is 11.8 Å². The van der Waals surface area contributed by atoms with Crippen LogP contribution in [-0.4, -0.2) is 35.2 Å². The van der Waals surface area contributed by atoms with Gasteiger partial charge in [-0.05, 0) is 42.9 Å². The van der Waals surface area contributed by atoms with E-state index in [-0.39, 0.29) is 12.0 Å². The maximum atomic E-state index is 11.7. The van der Waals surface area contributed by atoms with E-state index in [1.165, 1.54) is 5.56 Å². The monoisotopic (exact) mass is 293 g/mol. The molecule has 1 aromatic rings. The number of hydrogen-bond acceptors (Lipinski definition) is 3. The van der Waals surface area contributed by atoms with Crippen LogP contribution in [0.2, 0.25) is 0 Å². The van der Waals surface area contributed by atoms with Crippen molar-refractivity contribution in [1.29, 1.82) is 0 Å². The first-order chi connectivity index (χ1) is 9.74. The Kier molecular flexibility index (Phi) is 6.40. The molecule has 1 aliphatic rings. The molecule has 110 valence electrons. The zero-order chi connectivity index (χ0) is 14.2. The normalized spacial score (nSPS) is 21.9. The second kappa shape index (κ2) is 8.32. The third-order valence-electron chi connectivity index (χ3n) is 3.71. The average molecular weight is 293 g/mol. The molecule has 0 spiro atoms. The Morgan fingerprint density at radius 3 is 2.80 bits per heavy atom. The number of thioether (sulfide) groups is 1. The number of hydrogen-bond donors (Lipinski definition) is 2. The summed E-state index contributed by atoms with van der Waals surface area (Å²) in [6, 6.07) is 10.3. The molecule has 0 radical (unpaired) electrons. The van der Waals surface area contributed by atoms with Crippen LogP contribution in [0.1, 0.15) is 24.8 Å². The van der Waals surface area contributed by atoms with Gasteiger partial charge in [0.25, 0.3) is 0 Å². The Balaban J connectivity index is 1.52. The summed E-state index contributed by atoms with van der Waals surface area (Å²) >= 11 is 1.68. The number of aliphatic hydroxyl groups is 1. The largest absolute Gasteiger partial charge is 0.393 e. The van der Waals surface area contributed by atoms with Crippen LogP contribution in [0.4, 0.5) is 0 Å². The highest BCUT2D eigenvalue weighted by atomic mass is 32.2. The zero-order valence-corrected chi connectivity index (χ0v) is 12.6. The van der Waals surface area contributed by atoms with Gasteiger partial charge in [-0.1, -0.05) is 30.3 Å². The number of aliphatic hydroxyl groups excluding tert-OH is 1. The average Bonchev–Trinajstić information content (AvgIpc) is 2.88. The lowest BCUT2D eigenvalue weighted by atomic mass is 10.1. The molecule has 0 heterocycles. The van der Waals surface area contributed by atoms with Crippen molar-refractivity contribution in [3.05, 3.63) is 35.9 Å². The van der Waals surface area contributed by atoms with Crippen LogP contribution >= 0.6 is 11.8 Å². The number of rotatable bonds is 7. The quantitative estimate of drug-likeness (QED) is 0.758. The number of nitrogens with one attached hydrogen (secondary N) is 1. The molecule has 1 amide bonds. The molecule has 1 fully saturated rings. The molecule has 4 heteroatoms. The number of aryl methyl sites for hydroxylation is 1. The first-order valence-electron chi connectivity index (χ1n) is 7.30. The molecule has 0 aromatic heterocycles. The third kappa shape index (κ3) is 5.55. The second-order valence-electron chi connectivity index (χ2n) is 5.43. The van der Waals surface area contributed by atoms with Crippen molar-refractivity contribution in [3.63, 3.8) is 0 Å². The molecule has 0 saturated heterocycles. The highest BCUT2D eigenvalue weighted by molar-refractivity contribution is 7.99. The standard InChI is InChI=1S/C16H23NO2S/c18-15-7-6-14(10-15)11-17-16(19)12-20-9-8-13-4-2-1-3-5-13/h1-5,14-15,18H,6-12H2,(H,17,19). The van der Waals surface area contributed by atoms with Crippen LogP contribution in [0.25, 0.3) is 0 Å². The minimum absolute atomic E-state index is 0.115. The molecule has 3 nitrogen and oxygen atoms in total. The summed E-state index contributed by atoms with van der Waals surface area (Å²) in [5.41, 5.74) is 1.32. The molecule has 20 heavy (non-hydrogen) atoms. The van der Waals surface area contributed by atoms with Gasteiger partial charge in [-0.2, -0.15) is 11.8 Å². The van der Waals surface area contributed by atoms with E-state index in [0.29, 0.717) is 11.7 Å². The van der Waals surface area contributed by atoms with E-state index in [4.69, 9.17) is 0 Å². The van der Waals surface area contributed by atoms with Gasteiger partial charge in [0.1, 0.15) is 0 Å². The summed E-state index contributed by atoms with van der Waals surface area (Å²) in [6.07, 6.45) is 3.60. The Bertz CT molecular complexity index is 410. The van der Waals surface area contributed by atoms with Gasteiger partial charge >= 0.3 is 0 Å². The van der Waals surface area contributed by atoms with Crippen molar-refractivity contribution in [2.75, 3.05) is 18.1 Å². The van der Waals surface area contributed by atoms with Crippen molar-refractivity contribution >= 4 is 17.7 Å². The van der Waals surface area contributed by atoms with Gasteiger partial charge in [-0.15, -0.1) is 0 Å². The molecule has 2 atom stereocenters. The number of carbonyl (C=O) groups excluding carboxylic acids is 1. The maximum absolute atomic E-state index is 11.7. The topological polar surface area (TPSA) is 49.3 Å². The van der Waals surface area contributed by atoms with E-state index in [1.807, 2.05) is 18.2 Å². The molecule has 1 saturated carbocycles. The molecular weight excluding hydrogens is 270 g/mol. The fraction of sp³-hybridized carbons (Fsp3) is 0.562. The first kappa shape index (κ1) is 15.4. The lowest BCUT2D eigenvalue weighted by molar-refractivity contribution is -0.118. The number of benzene rings is 1. The zero-order valence-electron chi connectivity index (χ0n) is 11.8. The maximum Gasteiger partial charge on any atom is 0.230 e. The summed E-state index contributed by atoms with van der Waals surface area (Å²) in [7, 11) is 0. The van der Waals surface area contributed by atoms with Crippen LogP contribution in [0.15, 0.2) is 30.3 Å². The van der Waals surface area contributed by atoms with Crippen molar-refractivity contribution in [1.82, 2.24) is 5.32 Å². The summed E-state index contributed by atoms with van der Waals surface area (Å²) in [5.74, 6) is 2.08. The van der Waals surface area contributed by atoms with E-state index in [0.717, 1.165) is 38.0 Å². The molecular formula is C16H23NO2S. The summed E-state index contributed by atoms with van der Waals surface area (Å²) in [4.78, 5) is 11.7. The number of amides is 1. The highest BCUT2D eigenvalue weighted by Crippen LogP contribution is 2.24. The van der Waals surface area contributed by atoms with E-state index in [9.17, 15) is 9.90 Å². The molecule has 0 aliphatic heterocycles. The predicted octanol–water partition coefficient (Wildman–Crippen LogP) is 2.24. The fourth-order valence-electron chi connectivity index (χ4n) is 2.54. The molecule has 1 aliphatic carbocycles. The minimum Gasteiger partial charge on any atom is -0.393 e. The Hall–Kier alpha value is -1.00. The van der Waals surface area contributed by atoms with E-state index < -0.39 is 0 Å². The van der Waals surface area contributed by atoms with Crippen LogP contribution in [0, 0.1) is 5.92 Å². The fourth-order valence-corrected chi connectivity index (χ4v) is 3.35. The number of carbonyl (C=O) groups is 1. The second-order valence-corrected chi connectivity index (χ2v) is 6.53. The SMILES string of the molecule is O=C(CSCCc1ccccc1)NCC1CCC(O)C1. The lowest BCUT2D eigenvalue weighted by Gasteiger charge is -2.10. The Labute approximate surface area is 125 Å². The van der Waals surface area contributed by atoms with E-state index in [2.05, 4.69) is 17.4 Å². The van der Waals surface area contributed by atoms with Crippen LogP contribution in [0.5, 0.6) is 0 Å². The molecule has 0 bridgehead atoms. The molecule has 1 aromatic carbocycles. The molecule has 2 rings (SSSR count). The van der Waals surface area contributed by atoms with Crippen LogP contribution in [-0.2, 0) is 11.2 Å². The Morgan fingerprint density at radius 2 is 2.10 bits per heavy atom. The van der Waals surface area contributed by atoms with Gasteiger partial charge in [-0.3, -0.25) is 4.79 Å². The smallest absolute Gasteiger partial charge is 0.230 e. The van der Waals surface area contributed by atoms with Crippen molar-refractivity contribution < 1.29 is 9.90 Å².